The number of H-pyrrole nitrogens is 1. The van der Waals surface area contributed by atoms with E-state index in [1.807, 2.05) is 19.9 Å². The molecule has 6 nitrogen and oxygen atoms in total. The predicted octanol–water partition coefficient (Wildman–Crippen LogP) is 4.96. The molecule has 34 heavy (non-hydrogen) atoms. The van der Waals surface area contributed by atoms with Crippen molar-refractivity contribution in [1.29, 1.82) is 0 Å². The summed E-state index contributed by atoms with van der Waals surface area (Å²) in [4.78, 5) is 28.0. The van der Waals surface area contributed by atoms with Crippen molar-refractivity contribution >= 4 is 11.4 Å². The zero-order valence-electron chi connectivity index (χ0n) is 18.4. The monoisotopic (exact) mass is 472 g/mol. The number of carbonyl (C=O) groups excluding carboxylic acids is 1. The summed E-state index contributed by atoms with van der Waals surface area (Å²) in [5.74, 6) is -1.60. The number of amides is 1. The van der Waals surface area contributed by atoms with E-state index >= 15 is 0 Å². The Bertz CT molecular complexity index is 1450. The molecule has 4 rings (SSSR count). The number of halogens is 4. The Hall–Kier alpha value is -3.95. The maximum absolute atomic E-state index is 13.9. The molecule has 1 amide bonds. The van der Waals surface area contributed by atoms with Crippen LogP contribution in [0.2, 0.25) is 0 Å². The lowest BCUT2D eigenvalue weighted by molar-refractivity contribution is -0.136. The van der Waals surface area contributed by atoms with Crippen LogP contribution in [0.5, 0.6) is 0 Å². The molecule has 0 radical (unpaired) electrons. The lowest BCUT2D eigenvalue weighted by Gasteiger charge is -2.14. The SMILES string of the molecule is Cc1ccc(-c2cn3nc(C(=O)N[C@H](C)c4ccc(F)cc4)c(C(F)(F)F)c3c(=O)[nH]2)cc1C. The van der Waals surface area contributed by atoms with E-state index in [1.165, 1.54) is 30.5 Å². The summed E-state index contributed by atoms with van der Waals surface area (Å²) >= 11 is 0. The van der Waals surface area contributed by atoms with Crippen LogP contribution in [0.1, 0.15) is 45.7 Å². The molecule has 0 saturated carbocycles. The minimum absolute atomic E-state index is 0.253. The molecule has 0 unspecified atom stereocenters. The summed E-state index contributed by atoms with van der Waals surface area (Å²) in [5, 5.41) is 6.27. The van der Waals surface area contributed by atoms with E-state index in [9.17, 15) is 27.2 Å². The fourth-order valence-electron chi connectivity index (χ4n) is 3.66. The van der Waals surface area contributed by atoms with Crippen LogP contribution in [-0.4, -0.2) is 20.5 Å². The molecule has 1 atom stereocenters. The molecular formula is C24H20F4N4O2. The highest BCUT2D eigenvalue weighted by atomic mass is 19.4. The first-order chi connectivity index (χ1) is 16.0. The quantitative estimate of drug-likeness (QED) is 0.413. The molecule has 0 bridgehead atoms. The Labute approximate surface area is 191 Å². The first kappa shape index (κ1) is 23.2. The molecule has 0 aliphatic rings. The molecule has 0 aliphatic heterocycles. The molecule has 2 aromatic carbocycles. The summed E-state index contributed by atoms with van der Waals surface area (Å²) in [6.45, 7) is 5.32. The fraction of sp³-hybridized carbons (Fsp3) is 0.208. The van der Waals surface area contributed by atoms with Crippen molar-refractivity contribution in [1.82, 2.24) is 19.9 Å². The molecule has 2 heterocycles. The number of hydrogen-bond donors (Lipinski definition) is 2. The first-order valence-electron chi connectivity index (χ1n) is 10.3. The summed E-state index contributed by atoms with van der Waals surface area (Å²) in [5.41, 5.74) is -0.883. The number of rotatable bonds is 4. The highest BCUT2D eigenvalue weighted by molar-refractivity contribution is 5.96. The first-order valence-corrected chi connectivity index (χ1v) is 10.3. The number of aromatic nitrogens is 3. The van der Waals surface area contributed by atoms with Gasteiger partial charge in [0, 0.05) is 0 Å². The van der Waals surface area contributed by atoms with E-state index in [0.717, 1.165) is 15.6 Å². The van der Waals surface area contributed by atoms with E-state index < -0.39 is 46.3 Å². The van der Waals surface area contributed by atoms with Crippen molar-refractivity contribution in [2.24, 2.45) is 0 Å². The van der Waals surface area contributed by atoms with Gasteiger partial charge >= 0.3 is 6.18 Å². The number of aromatic amines is 1. The zero-order valence-corrected chi connectivity index (χ0v) is 18.4. The van der Waals surface area contributed by atoms with Crippen molar-refractivity contribution in [3.05, 3.63) is 92.8 Å². The maximum Gasteiger partial charge on any atom is 0.421 e. The van der Waals surface area contributed by atoms with Gasteiger partial charge in [-0.3, -0.25) is 9.59 Å². The Morgan fingerprint density at radius 2 is 1.76 bits per heavy atom. The number of carbonyl (C=O) groups is 1. The molecule has 10 heteroatoms. The fourth-order valence-corrected chi connectivity index (χ4v) is 3.66. The minimum Gasteiger partial charge on any atom is -0.344 e. The largest absolute Gasteiger partial charge is 0.421 e. The van der Waals surface area contributed by atoms with Crippen LogP contribution in [-0.2, 0) is 6.18 Å². The number of nitrogens with zero attached hydrogens (tertiary/aromatic N) is 2. The lowest BCUT2D eigenvalue weighted by Crippen LogP contribution is -2.29. The highest BCUT2D eigenvalue weighted by Crippen LogP contribution is 2.35. The summed E-state index contributed by atoms with van der Waals surface area (Å²) in [7, 11) is 0. The topological polar surface area (TPSA) is 79.3 Å². The van der Waals surface area contributed by atoms with Crippen LogP contribution in [0, 0.1) is 19.7 Å². The molecule has 2 N–H and O–H groups in total. The van der Waals surface area contributed by atoms with Crippen LogP contribution in [0.4, 0.5) is 17.6 Å². The van der Waals surface area contributed by atoms with E-state index in [4.69, 9.17) is 0 Å². The molecular weight excluding hydrogens is 452 g/mol. The lowest BCUT2D eigenvalue weighted by atomic mass is 10.0. The molecule has 0 spiro atoms. The van der Waals surface area contributed by atoms with E-state index in [-0.39, 0.29) is 5.69 Å². The van der Waals surface area contributed by atoms with Crippen molar-refractivity contribution in [3.63, 3.8) is 0 Å². The van der Waals surface area contributed by atoms with Gasteiger partial charge in [-0.1, -0.05) is 24.3 Å². The third-order valence-corrected chi connectivity index (χ3v) is 5.66. The zero-order chi connectivity index (χ0) is 24.8. The van der Waals surface area contributed by atoms with E-state index in [1.54, 1.807) is 19.1 Å². The van der Waals surface area contributed by atoms with Gasteiger partial charge in [0.2, 0.25) is 0 Å². The number of hydrogen-bond acceptors (Lipinski definition) is 3. The van der Waals surface area contributed by atoms with Crippen molar-refractivity contribution in [3.8, 4) is 11.3 Å². The summed E-state index contributed by atoms with van der Waals surface area (Å²) in [6.07, 6.45) is -3.77. The van der Waals surface area contributed by atoms with Crippen LogP contribution in [0.15, 0.2) is 53.5 Å². The van der Waals surface area contributed by atoms with Gasteiger partial charge in [-0.15, -0.1) is 0 Å². The van der Waals surface area contributed by atoms with Crippen LogP contribution in [0.3, 0.4) is 0 Å². The Balaban J connectivity index is 1.80. The van der Waals surface area contributed by atoms with Gasteiger partial charge in [-0.05, 0) is 61.2 Å². The molecule has 0 aliphatic carbocycles. The molecule has 4 aromatic rings. The van der Waals surface area contributed by atoms with Crippen molar-refractivity contribution in [2.75, 3.05) is 0 Å². The Kier molecular flexibility index (Phi) is 5.76. The second-order valence-corrected chi connectivity index (χ2v) is 8.06. The number of alkyl halides is 3. The van der Waals surface area contributed by atoms with Gasteiger partial charge < -0.3 is 10.3 Å². The van der Waals surface area contributed by atoms with Crippen LogP contribution < -0.4 is 10.9 Å². The van der Waals surface area contributed by atoms with Gasteiger partial charge in [0.25, 0.3) is 11.5 Å². The van der Waals surface area contributed by atoms with Gasteiger partial charge in [-0.2, -0.15) is 18.3 Å². The van der Waals surface area contributed by atoms with Crippen LogP contribution >= 0.6 is 0 Å². The van der Waals surface area contributed by atoms with Gasteiger partial charge in [-0.25, -0.2) is 8.91 Å². The minimum atomic E-state index is -5.01. The normalized spacial score (nSPS) is 12.7. The standard InChI is InChI=1S/C24H20F4N4O2/c1-12-4-5-16(10-13(12)2)18-11-32-21(23(34)30-18)19(24(26,27)28)20(31-32)22(33)29-14(3)15-6-8-17(25)9-7-15/h4-11,14H,1-3H3,(H,29,33)(H,30,34)/t14-/m1/s1. The molecule has 2 aromatic heterocycles. The molecule has 176 valence electrons. The Morgan fingerprint density at radius 1 is 1.09 bits per heavy atom. The third-order valence-electron chi connectivity index (χ3n) is 5.66. The molecule has 0 saturated heterocycles. The number of benzene rings is 2. The maximum atomic E-state index is 13.9. The summed E-state index contributed by atoms with van der Waals surface area (Å²) < 4.78 is 55.8. The third kappa shape index (κ3) is 4.30. The molecule has 0 fully saturated rings. The highest BCUT2D eigenvalue weighted by Gasteiger charge is 2.41. The van der Waals surface area contributed by atoms with Crippen LogP contribution in [0.25, 0.3) is 16.8 Å². The predicted molar refractivity (Wildman–Crippen MR) is 118 cm³/mol. The summed E-state index contributed by atoms with van der Waals surface area (Å²) in [6, 6.07) is 9.79. The Morgan fingerprint density at radius 3 is 2.38 bits per heavy atom. The number of nitrogens with one attached hydrogen (secondary N) is 2. The van der Waals surface area contributed by atoms with Crippen molar-refractivity contribution < 1.29 is 22.4 Å². The van der Waals surface area contributed by atoms with Gasteiger partial charge in [0.15, 0.2) is 5.69 Å². The average Bonchev–Trinajstić information content (AvgIpc) is 3.17. The average molecular weight is 472 g/mol. The second kappa shape index (κ2) is 8.44. The number of fused-ring (bicyclic) bond motifs is 1. The second-order valence-electron chi connectivity index (χ2n) is 8.06. The van der Waals surface area contributed by atoms with Crippen molar-refractivity contribution in [2.45, 2.75) is 33.0 Å². The van der Waals surface area contributed by atoms with E-state index in [2.05, 4.69) is 15.4 Å². The van der Waals surface area contributed by atoms with Gasteiger partial charge in [0.05, 0.1) is 17.9 Å². The van der Waals surface area contributed by atoms with E-state index in [0.29, 0.717) is 11.1 Å². The smallest absolute Gasteiger partial charge is 0.344 e. The van der Waals surface area contributed by atoms with Gasteiger partial charge in [0.1, 0.15) is 16.9 Å². The number of aryl methyl sites for hydroxylation is 2.